The van der Waals surface area contributed by atoms with Gasteiger partial charge in [0.05, 0.1) is 16.6 Å². The zero-order valence-corrected chi connectivity index (χ0v) is 11.4. The third-order valence-corrected chi connectivity index (χ3v) is 3.24. The van der Waals surface area contributed by atoms with Crippen molar-refractivity contribution in [1.82, 2.24) is 0 Å². The summed E-state index contributed by atoms with van der Waals surface area (Å²) in [4.78, 5) is 10.6. The minimum Gasteiger partial charge on any atom is -0.388 e. The topological polar surface area (TPSA) is 75.4 Å². The fraction of sp³-hybridized carbons (Fsp3) is 0.538. The predicted molar refractivity (Wildman–Crippen MR) is 72.0 cm³/mol. The van der Waals surface area contributed by atoms with Crippen LogP contribution in [0.15, 0.2) is 12.1 Å². The predicted octanol–water partition coefficient (Wildman–Crippen LogP) is 2.78. The Bertz CT molecular complexity index is 464. The minimum atomic E-state index is -0.952. The van der Waals surface area contributed by atoms with Gasteiger partial charge in [0.25, 0.3) is 5.69 Å². The van der Waals surface area contributed by atoms with Crippen LogP contribution in [0.25, 0.3) is 0 Å². The second-order valence-electron chi connectivity index (χ2n) is 5.23. The standard InChI is InChI=1S/C13H20N2O3/c1-8-6-11(14-10(3)13(4,5)16)12(15(17)18)7-9(8)2/h6-7,10,14,16H,1-5H3. The van der Waals surface area contributed by atoms with Crippen LogP contribution in [0, 0.1) is 24.0 Å². The highest BCUT2D eigenvalue weighted by Crippen LogP contribution is 2.29. The van der Waals surface area contributed by atoms with E-state index in [1.54, 1.807) is 32.9 Å². The van der Waals surface area contributed by atoms with Crippen molar-refractivity contribution in [3.8, 4) is 0 Å². The summed E-state index contributed by atoms with van der Waals surface area (Å²) in [5, 5.41) is 23.9. The van der Waals surface area contributed by atoms with Gasteiger partial charge in [-0.25, -0.2) is 0 Å². The lowest BCUT2D eigenvalue weighted by molar-refractivity contribution is -0.384. The Morgan fingerprint density at radius 2 is 1.83 bits per heavy atom. The average molecular weight is 252 g/mol. The molecule has 0 saturated carbocycles. The fourth-order valence-corrected chi connectivity index (χ4v) is 1.48. The van der Waals surface area contributed by atoms with E-state index in [-0.39, 0.29) is 11.7 Å². The van der Waals surface area contributed by atoms with Gasteiger partial charge in [-0.1, -0.05) is 0 Å². The molecule has 0 fully saturated rings. The molecule has 0 heterocycles. The van der Waals surface area contributed by atoms with Crippen molar-refractivity contribution >= 4 is 11.4 Å². The van der Waals surface area contributed by atoms with Gasteiger partial charge in [-0.3, -0.25) is 10.1 Å². The van der Waals surface area contributed by atoms with E-state index in [0.29, 0.717) is 5.69 Å². The number of hydrogen-bond donors (Lipinski definition) is 2. The molecule has 5 heteroatoms. The number of benzene rings is 1. The van der Waals surface area contributed by atoms with Crippen LogP contribution in [0.3, 0.4) is 0 Å². The summed E-state index contributed by atoms with van der Waals surface area (Å²) in [5.41, 5.74) is 1.38. The second-order valence-corrected chi connectivity index (χ2v) is 5.23. The number of nitro benzene ring substituents is 1. The number of aryl methyl sites for hydroxylation is 2. The molecule has 2 N–H and O–H groups in total. The van der Waals surface area contributed by atoms with E-state index < -0.39 is 10.5 Å². The van der Waals surface area contributed by atoms with Crippen molar-refractivity contribution in [3.63, 3.8) is 0 Å². The maximum absolute atomic E-state index is 11.0. The van der Waals surface area contributed by atoms with E-state index in [1.165, 1.54) is 0 Å². The molecule has 0 bridgehead atoms. The number of nitrogens with one attached hydrogen (secondary N) is 1. The van der Waals surface area contributed by atoms with Gasteiger partial charge >= 0.3 is 0 Å². The number of anilines is 1. The Hall–Kier alpha value is -1.62. The Labute approximate surface area is 107 Å². The molecule has 0 aliphatic carbocycles. The molecule has 1 aromatic carbocycles. The van der Waals surface area contributed by atoms with Gasteiger partial charge in [0, 0.05) is 6.07 Å². The van der Waals surface area contributed by atoms with Crippen LogP contribution >= 0.6 is 0 Å². The first-order chi connectivity index (χ1) is 8.12. The molecule has 0 aromatic heterocycles. The smallest absolute Gasteiger partial charge is 0.292 e. The van der Waals surface area contributed by atoms with E-state index in [1.807, 2.05) is 13.8 Å². The van der Waals surface area contributed by atoms with E-state index in [9.17, 15) is 15.2 Å². The normalized spacial score (nSPS) is 13.2. The number of rotatable bonds is 4. The van der Waals surface area contributed by atoms with Crippen LogP contribution < -0.4 is 5.32 Å². The van der Waals surface area contributed by atoms with Crippen molar-refractivity contribution in [2.75, 3.05) is 5.32 Å². The van der Waals surface area contributed by atoms with Gasteiger partial charge in [0.2, 0.25) is 0 Å². The summed E-state index contributed by atoms with van der Waals surface area (Å²) in [6.07, 6.45) is 0. The SMILES string of the molecule is Cc1cc(NC(C)C(C)(C)O)c([N+](=O)[O-])cc1C. The molecule has 0 saturated heterocycles. The summed E-state index contributed by atoms with van der Waals surface area (Å²) in [6, 6.07) is 3.00. The van der Waals surface area contributed by atoms with Crippen molar-refractivity contribution in [2.24, 2.45) is 0 Å². The third kappa shape index (κ3) is 3.20. The van der Waals surface area contributed by atoms with Crippen molar-refractivity contribution in [3.05, 3.63) is 33.4 Å². The summed E-state index contributed by atoms with van der Waals surface area (Å²) in [6.45, 7) is 8.86. The maximum atomic E-state index is 11.0. The first-order valence-electron chi connectivity index (χ1n) is 5.87. The minimum absolute atomic E-state index is 0.0363. The highest BCUT2D eigenvalue weighted by molar-refractivity contribution is 5.65. The lowest BCUT2D eigenvalue weighted by atomic mass is 9.99. The van der Waals surface area contributed by atoms with Crippen LogP contribution in [0.4, 0.5) is 11.4 Å². The molecule has 0 aliphatic heterocycles. The molecule has 1 rings (SSSR count). The van der Waals surface area contributed by atoms with E-state index in [4.69, 9.17) is 0 Å². The van der Waals surface area contributed by atoms with E-state index in [0.717, 1.165) is 11.1 Å². The van der Waals surface area contributed by atoms with Crippen molar-refractivity contribution in [2.45, 2.75) is 46.3 Å². The summed E-state index contributed by atoms with van der Waals surface area (Å²) in [7, 11) is 0. The summed E-state index contributed by atoms with van der Waals surface area (Å²) in [5.74, 6) is 0. The van der Waals surface area contributed by atoms with Crippen LogP contribution in [-0.4, -0.2) is 21.7 Å². The lowest BCUT2D eigenvalue weighted by Crippen LogP contribution is -2.39. The van der Waals surface area contributed by atoms with Crippen LogP contribution in [0.2, 0.25) is 0 Å². The summed E-state index contributed by atoms with van der Waals surface area (Å²) >= 11 is 0. The fourth-order valence-electron chi connectivity index (χ4n) is 1.48. The van der Waals surface area contributed by atoms with Crippen LogP contribution in [0.1, 0.15) is 31.9 Å². The molecular weight excluding hydrogens is 232 g/mol. The summed E-state index contributed by atoms with van der Waals surface area (Å²) < 4.78 is 0. The molecule has 0 spiro atoms. The largest absolute Gasteiger partial charge is 0.388 e. The second kappa shape index (κ2) is 4.94. The van der Waals surface area contributed by atoms with Gasteiger partial charge < -0.3 is 10.4 Å². The molecule has 100 valence electrons. The average Bonchev–Trinajstić information content (AvgIpc) is 2.21. The zero-order chi connectivity index (χ0) is 14.1. The number of nitrogens with zero attached hydrogens (tertiary/aromatic N) is 1. The van der Waals surface area contributed by atoms with Crippen molar-refractivity contribution < 1.29 is 10.0 Å². The van der Waals surface area contributed by atoms with E-state index in [2.05, 4.69) is 5.32 Å². The molecule has 0 radical (unpaired) electrons. The first-order valence-corrected chi connectivity index (χ1v) is 5.87. The molecule has 1 aromatic rings. The Morgan fingerprint density at radius 1 is 1.33 bits per heavy atom. The van der Waals surface area contributed by atoms with Gasteiger partial charge in [-0.2, -0.15) is 0 Å². The maximum Gasteiger partial charge on any atom is 0.292 e. The molecule has 18 heavy (non-hydrogen) atoms. The van der Waals surface area contributed by atoms with Crippen molar-refractivity contribution in [1.29, 1.82) is 0 Å². The molecule has 1 unspecified atom stereocenters. The molecule has 1 atom stereocenters. The van der Waals surface area contributed by atoms with Gasteiger partial charge in [0.1, 0.15) is 5.69 Å². The Morgan fingerprint density at radius 3 is 2.28 bits per heavy atom. The van der Waals surface area contributed by atoms with Crippen LogP contribution in [-0.2, 0) is 0 Å². The molecule has 0 amide bonds. The lowest BCUT2D eigenvalue weighted by Gasteiger charge is -2.27. The third-order valence-electron chi connectivity index (χ3n) is 3.24. The number of aliphatic hydroxyl groups is 1. The number of nitro groups is 1. The first kappa shape index (κ1) is 14.4. The monoisotopic (exact) mass is 252 g/mol. The number of hydrogen-bond acceptors (Lipinski definition) is 4. The quantitative estimate of drug-likeness (QED) is 0.638. The highest BCUT2D eigenvalue weighted by atomic mass is 16.6. The molecule has 0 aliphatic rings. The van der Waals surface area contributed by atoms with Gasteiger partial charge in [0.15, 0.2) is 0 Å². The zero-order valence-electron chi connectivity index (χ0n) is 11.4. The Balaban J connectivity index is 3.15. The Kier molecular flexibility index (Phi) is 3.96. The highest BCUT2D eigenvalue weighted by Gasteiger charge is 2.25. The van der Waals surface area contributed by atoms with Gasteiger partial charge in [-0.05, 0) is 51.8 Å². The van der Waals surface area contributed by atoms with Gasteiger partial charge in [-0.15, -0.1) is 0 Å². The molecular formula is C13H20N2O3. The van der Waals surface area contributed by atoms with Crippen LogP contribution in [0.5, 0.6) is 0 Å². The van der Waals surface area contributed by atoms with E-state index >= 15 is 0 Å². The molecule has 5 nitrogen and oxygen atoms in total.